The Morgan fingerprint density at radius 2 is 1.89 bits per heavy atom. The molecule has 0 bridgehead atoms. The number of rotatable bonds is 2. The van der Waals surface area contributed by atoms with Gasteiger partial charge in [0, 0.05) is 10.6 Å². The van der Waals surface area contributed by atoms with Gasteiger partial charge < -0.3 is 11.5 Å². The van der Waals surface area contributed by atoms with Crippen LogP contribution in [0.4, 0.5) is 11.8 Å². The van der Waals surface area contributed by atoms with Crippen molar-refractivity contribution >= 4 is 41.3 Å². The topological polar surface area (TPSA) is 94.9 Å². The molecule has 0 aliphatic carbocycles. The lowest BCUT2D eigenvalue weighted by Crippen LogP contribution is -2.06. The van der Waals surface area contributed by atoms with Crippen molar-refractivity contribution in [3.8, 4) is 11.1 Å². The highest BCUT2D eigenvalue weighted by molar-refractivity contribution is 6.36. The van der Waals surface area contributed by atoms with E-state index in [1.165, 1.54) is 0 Å². The lowest BCUT2D eigenvalue weighted by Gasteiger charge is -2.10. The van der Waals surface area contributed by atoms with Crippen molar-refractivity contribution in [3.05, 3.63) is 33.9 Å². The Kier molecular flexibility index (Phi) is 3.36. The van der Waals surface area contributed by atoms with Crippen LogP contribution in [-0.2, 0) is 0 Å². The van der Waals surface area contributed by atoms with Crippen molar-refractivity contribution in [1.29, 1.82) is 0 Å². The lowest BCUT2D eigenvalue weighted by molar-refractivity contribution is 0.111. The molecule has 1 aromatic heterocycles. The predicted molar refractivity (Wildman–Crippen MR) is 71.7 cm³/mol. The molecule has 0 saturated heterocycles. The molecule has 92 valence electrons. The van der Waals surface area contributed by atoms with Crippen molar-refractivity contribution in [1.82, 2.24) is 9.97 Å². The summed E-state index contributed by atoms with van der Waals surface area (Å²) < 4.78 is 0. The van der Waals surface area contributed by atoms with Crippen LogP contribution in [0.15, 0.2) is 18.2 Å². The lowest BCUT2D eigenvalue weighted by atomic mass is 10.0. The number of aldehydes is 1. The van der Waals surface area contributed by atoms with Crippen molar-refractivity contribution < 1.29 is 4.79 Å². The standard InChI is InChI=1S/C11H8Cl2N4O/c12-5-1-2-6(7(13)3-5)9-8(4-18)16-11(15)17-10(9)14/h1-4H,(H4,14,15,16,17). The third-order valence-electron chi connectivity index (χ3n) is 2.29. The second-order valence-electron chi connectivity index (χ2n) is 3.47. The number of hydrogen-bond donors (Lipinski definition) is 2. The summed E-state index contributed by atoms with van der Waals surface area (Å²) in [5.74, 6) is 0.0252. The average molecular weight is 283 g/mol. The number of carbonyl (C=O) groups is 1. The van der Waals surface area contributed by atoms with Gasteiger partial charge in [0.1, 0.15) is 11.5 Å². The van der Waals surface area contributed by atoms with E-state index in [1.54, 1.807) is 18.2 Å². The molecule has 1 aromatic carbocycles. The van der Waals surface area contributed by atoms with E-state index in [2.05, 4.69) is 9.97 Å². The van der Waals surface area contributed by atoms with E-state index >= 15 is 0 Å². The molecule has 0 aliphatic heterocycles. The Labute approximate surface area is 113 Å². The molecule has 4 N–H and O–H groups in total. The first kappa shape index (κ1) is 12.6. The maximum Gasteiger partial charge on any atom is 0.222 e. The predicted octanol–water partition coefficient (Wildman–Crippen LogP) is 2.43. The summed E-state index contributed by atoms with van der Waals surface area (Å²) >= 11 is 11.9. The first-order chi connectivity index (χ1) is 8.52. The van der Waals surface area contributed by atoms with E-state index in [1.807, 2.05) is 0 Å². The molecule has 0 spiro atoms. The molecule has 2 aromatic rings. The van der Waals surface area contributed by atoms with Crippen LogP contribution in [0, 0.1) is 0 Å². The third kappa shape index (κ3) is 2.23. The molecule has 0 amide bonds. The zero-order valence-electron chi connectivity index (χ0n) is 9.02. The number of carbonyl (C=O) groups excluding carboxylic acids is 1. The van der Waals surface area contributed by atoms with Gasteiger partial charge in [0.15, 0.2) is 6.29 Å². The number of nitrogens with two attached hydrogens (primary N) is 2. The number of halogens is 2. The van der Waals surface area contributed by atoms with Gasteiger partial charge in [-0.15, -0.1) is 0 Å². The molecule has 7 heteroatoms. The van der Waals surface area contributed by atoms with Gasteiger partial charge in [0.25, 0.3) is 0 Å². The molecule has 0 atom stereocenters. The second-order valence-corrected chi connectivity index (χ2v) is 4.31. The Balaban J connectivity index is 2.74. The van der Waals surface area contributed by atoms with Crippen molar-refractivity contribution in [3.63, 3.8) is 0 Å². The largest absolute Gasteiger partial charge is 0.383 e. The third-order valence-corrected chi connectivity index (χ3v) is 2.84. The van der Waals surface area contributed by atoms with Gasteiger partial charge >= 0.3 is 0 Å². The summed E-state index contributed by atoms with van der Waals surface area (Å²) in [7, 11) is 0. The summed E-state index contributed by atoms with van der Waals surface area (Å²) in [6.45, 7) is 0. The second kappa shape index (κ2) is 4.80. The summed E-state index contributed by atoms with van der Waals surface area (Å²) in [6.07, 6.45) is 0.550. The van der Waals surface area contributed by atoms with Crippen LogP contribution in [-0.4, -0.2) is 16.3 Å². The zero-order chi connectivity index (χ0) is 13.3. The Morgan fingerprint density at radius 3 is 2.50 bits per heavy atom. The van der Waals surface area contributed by atoms with Gasteiger partial charge in [0.2, 0.25) is 5.95 Å². The maximum atomic E-state index is 11.0. The van der Waals surface area contributed by atoms with E-state index in [0.29, 0.717) is 27.5 Å². The van der Waals surface area contributed by atoms with Gasteiger partial charge in [0.05, 0.1) is 10.6 Å². The molecule has 0 aliphatic rings. The van der Waals surface area contributed by atoms with E-state index < -0.39 is 0 Å². The first-order valence-corrected chi connectivity index (χ1v) is 5.62. The average Bonchev–Trinajstić information content (AvgIpc) is 2.29. The van der Waals surface area contributed by atoms with Gasteiger partial charge in [-0.1, -0.05) is 29.3 Å². The SMILES string of the molecule is Nc1nc(N)c(-c2ccc(Cl)cc2Cl)c(C=O)n1. The summed E-state index contributed by atoms with van der Waals surface area (Å²) in [6, 6.07) is 4.82. The maximum absolute atomic E-state index is 11.0. The van der Waals surface area contributed by atoms with Crippen molar-refractivity contribution in [2.75, 3.05) is 11.5 Å². The molecule has 5 nitrogen and oxygen atoms in total. The summed E-state index contributed by atoms with van der Waals surface area (Å²) in [4.78, 5) is 18.6. The number of aromatic nitrogens is 2. The zero-order valence-corrected chi connectivity index (χ0v) is 10.5. The molecule has 2 rings (SSSR count). The fraction of sp³-hybridized carbons (Fsp3) is 0. The van der Waals surface area contributed by atoms with Crippen molar-refractivity contribution in [2.24, 2.45) is 0 Å². The number of nitrogen functional groups attached to an aromatic ring is 2. The summed E-state index contributed by atoms with van der Waals surface area (Å²) in [5, 5.41) is 0.831. The van der Waals surface area contributed by atoms with Crippen LogP contribution in [0.25, 0.3) is 11.1 Å². The van der Waals surface area contributed by atoms with Crippen molar-refractivity contribution in [2.45, 2.75) is 0 Å². The highest BCUT2D eigenvalue weighted by atomic mass is 35.5. The van der Waals surface area contributed by atoms with Crippen LogP contribution in [0.1, 0.15) is 10.5 Å². The van der Waals surface area contributed by atoms with Crippen LogP contribution >= 0.6 is 23.2 Å². The van der Waals surface area contributed by atoms with Gasteiger partial charge in [-0.2, -0.15) is 4.98 Å². The summed E-state index contributed by atoms with van der Waals surface area (Å²) in [5.41, 5.74) is 12.1. The fourth-order valence-electron chi connectivity index (χ4n) is 1.57. The van der Waals surface area contributed by atoms with E-state index in [-0.39, 0.29) is 17.5 Å². The van der Waals surface area contributed by atoms with Crippen LogP contribution in [0.2, 0.25) is 10.0 Å². The molecule has 1 heterocycles. The van der Waals surface area contributed by atoms with Gasteiger partial charge in [-0.25, -0.2) is 4.98 Å². The van der Waals surface area contributed by atoms with E-state index in [9.17, 15) is 4.79 Å². The first-order valence-electron chi connectivity index (χ1n) is 4.86. The van der Waals surface area contributed by atoms with Crippen LogP contribution in [0.3, 0.4) is 0 Å². The fourth-order valence-corrected chi connectivity index (χ4v) is 2.07. The van der Waals surface area contributed by atoms with Gasteiger partial charge in [-0.05, 0) is 12.1 Å². The smallest absolute Gasteiger partial charge is 0.222 e. The minimum absolute atomic E-state index is 0.0663. The molecule has 0 fully saturated rings. The number of anilines is 2. The monoisotopic (exact) mass is 282 g/mol. The number of benzene rings is 1. The van der Waals surface area contributed by atoms with Crippen LogP contribution < -0.4 is 11.5 Å². The Hall–Kier alpha value is -1.85. The molecule has 18 heavy (non-hydrogen) atoms. The quantitative estimate of drug-likeness (QED) is 0.825. The van der Waals surface area contributed by atoms with Gasteiger partial charge in [-0.3, -0.25) is 4.79 Å². The molecule has 0 unspecified atom stereocenters. The Bertz CT molecular complexity index is 631. The minimum atomic E-state index is -0.0663. The van der Waals surface area contributed by atoms with E-state index in [4.69, 9.17) is 34.7 Å². The molecule has 0 saturated carbocycles. The molecular formula is C11H8Cl2N4O. The van der Waals surface area contributed by atoms with Crippen LogP contribution in [0.5, 0.6) is 0 Å². The molecular weight excluding hydrogens is 275 g/mol. The number of nitrogens with zero attached hydrogens (tertiary/aromatic N) is 2. The highest BCUT2D eigenvalue weighted by Crippen LogP contribution is 2.34. The number of hydrogen-bond acceptors (Lipinski definition) is 5. The highest BCUT2D eigenvalue weighted by Gasteiger charge is 2.15. The minimum Gasteiger partial charge on any atom is -0.383 e. The normalized spacial score (nSPS) is 10.3. The van der Waals surface area contributed by atoms with E-state index in [0.717, 1.165) is 0 Å². The Morgan fingerprint density at radius 1 is 1.17 bits per heavy atom. The molecule has 0 radical (unpaired) electrons.